The molecule has 5 nitrogen and oxygen atoms in total. The molecule has 0 fully saturated rings. The van der Waals surface area contributed by atoms with E-state index < -0.39 is 10.0 Å². The molecule has 0 atom stereocenters. The number of amides is 1. The maximum Gasteiger partial charge on any atom is 0.264 e. The van der Waals surface area contributed by atoms with Gasteiger partial charge in [-0.25, -0.2) is 8.42 Å². The zero-order valence-corrected chi connectivity index (χ0v) is 19.4. The number of benzene rings is 3. The summed E-state index contributed by atoms with van der Waals surface area (Å²) >= 11 is 9.28. The van der Waals surface area contributed by atoms with Crippen molar-refractivity contribution in [2.24, 2.45) is 0 Å². The molecule has 0 radical (unpaired) electrons. The molecule has 156 valence electrons. The smallest absolute Gasteiger partial charge is 0.264 e. The molecule has 30 heavy (non-hydrogen) atoms. The summed E-state index contributed by atoms with van der Waals surface area (Å²) in [5.41, 5.74) is 1.30. The summed E-state index contributed by atoms with van der Waals surface area (Å²) in [4.78, 5) is 14.6. The Balaban J connectivity index is 1.89. The van der Waals surface area contributed by atoms with Gasteiger partial charge in [0, 0.05) is 23.1 Å². The van der Waals surface area contributed by atoms with E-state index in [2.05, 4.69) is 15.9 Å². The molecule has 0 aliphatic carbocycles. The average Bonchev–Trinajstić information content (AvgIpc) is 2.74. The minimum absolute atomic E-state index is 0.123. The number of nitrogens with zero attached hydrogens (tertiary/aromatic N) is 2. The van der Waals surface area contributed by atoms with Gasteiger partial charge in [-0.15, -0.1) is 0 Å². The lowest BCUT2D eigenvalue weighted by atomic mass is 10.2. The molecule has 0 unspecified atom stereocenters. The molecule has 0 saturated carbocycles. The molecule has 0 bridgehead atoms. The maximum absolute atomic E-state index is 13.3. The van der Waals surface area contributed by atoms with E-state index in [1.54, 1.807) is 61.6 Å². The molecule has 0 N–H and O–H groups in total. The molecule has 0 heterocycles. The number of likely N-dealkylation sites (N-methyl/N-ethyl adjacent to an activating group) is 1. The summed E-state index contributed by atoms with van der Waals surface area (Å²) in [6.07, 6.45) is 0. The van der Waals surface area contributed by atoms with Crippen LogP contribution in [0, 0.1) is 0 Å². The van der Waals surface area contributed by atoms with Crippen molar-refractivity contribution in [3.05, 3.63) is 93.9 Å². The third kappa shape index (κ3) is 5.41. The molecule has 3 aromatic carbocycles. The lowest BCUT2D eigenvalue weighted by molar-refractivity contribution is -0.128. The predicted octanol–water partition coefficient (Wildman–Crippen LogP) is 4.96. The van der Waals surface area contributed by atoms with Crippen LogP contribution in [-0.4, -0.2) is 32.8 Å². The van der Waals surface area contributed by atoms with E-state index in [0.29, 0.717) is 17.3 Å². The van der Waals surface area contributed by atoms with Crippen LogP contribution in [0.25, 0.3) is 0 Å². The van der Waals surface area contributed by atoms with Crippen LogP contribution in [0.3, 0.4) is 0 Å². The van der Waals surface area contributed by atoms with Crippen molar-refractivity contribution in [2.75, 3.05) is 17.9 Å². The first-order valence-corrected chi connectivity index (χ1v) is 11.7. The van der Waals surface area contributed by atoms with Crippen LogP contribution in [0.5, 0.6) is 0 Å². The highest BCUT2D eigenvalue weighted by molar-refractivity contribution is 9.10. The van der Waals surface area contributed by atoms with Crippen LogP contribution < -0.4 is 4.31 Å². The van der Waals surface area contributed by atoms with Gasteiger partial charge < -0.3 is 4.90 Å². The molecule has 3 rings (SSSR count). The summed E-state index contributed by atoms with van der Waals surface area (Å²) in [6.45, 7) is 0.0193. The third-order valence-electron chi connectivity index (χ3n) is 4.47. The fourth-order valence-electron chi connectivity index (χ4n) is 2.86. The SMILES string of the molecule is CN(Cc1ccc(Cl)cc1)C(=O)CN(c1cccc(Br)c1)S(=O)(=O)c1ccccc1. The van der Waals surface area contributed by atoms with Crippen LogP contribution in [-0.2, 0) is 21.4 Å². The normalized spacial score (nSPS) is 11.2. The molecule has 0 saturated heterocycles. The highest BCUT2D eigenvalue weighted by atomic mass is 79.9. The van der Waals surface area contributed by atoms with E-state index in [1.165, 1.54) is 17.0 Å². The van der Waals surface area contributed by atoms with E-state index in [4.69, 9.17) is 11.6 Å². The quantitative estimate of drug-likeness (QED) is 0.454. The topological polar surface area (TPSA) is 57.7 Å². The number of hydrogen-bond donors (Lipinski definition) is 0. The first-order chi connectivity index (χ1) is 14.3. The fraction of sp³-hybridized carbons (Fsp3) is 0.136. The molecule has 0 aliphatic rings. The van der Waals surface area contributed by atoms with Crippen LogP contribution >= 0.6 is 27.5 Å². The molecule has 0 spiro atoms. The van der Waals surface area contributed by atoms with Crippen LogP contribution in [0.15, 0.2) is 88.2 Å². The Hall–Kier alpha value is -2.35. The molecule has 3 aromatic rings. The van der Waals surface area contributed by atoms with E-state index in [9.17, 15) is 13.2 Å². The van der Waals surface area contributed by atoms with Crippen molar-refractivity contribution in [1.29, 1.82) is 0 Å². The van der Waals surface area contributed by atoms with E-state index >= 15 is 0 Å². The Bertz CT molecular complexity index is 1120. The van der Waals surface area contributed by atoms with Gasteiger partial charge in [-0.2, -0.15) is 0 Å². The van der Waals surface area contributed by atoms with Crippen LogP contribution in [0.4, 0.5) is 5.69 Å². The van der Waals surface area contributed by atoms with Crippen molar-refractivity contribution in [1.82, 2.24) is 4.90 Å². The maximum atomic E-state index is 13.3. The van der Waals surface area contributed by atoms with Gasteiger partial charge in [-0.1, -0.05) is 63.9 Å². The minimum atomic E-state index is -3.93. The Morgan fingerprint density at radius 2 is 1.63 bits per heavy atom. The second-order valence-electron chi connectivity index (χ2n) is 6.68. The van der Waals surface area contributed by atoms with Gasteiger partial charge >= 0.3 is 0 Å². The minimum Gasteiger partial charge on any atom is -0.340 e. The van der Waals surface area contributed by atoms with Gasteiger partial charge in [0.05, 0.1) is 10.6 Å². The van der Waals surface area contributed by atoms with Crippen molar-refractivity contribution in [3.8, 4) is 0 Å². The van der Waals surface area contributed by atoms with Crippen molar-refractivity contribution in [2.45, 2.75) is 11.4 Å². The van der Waals surface area contributed by atoms with Gasteiger partial charge in [-0.05, 0) is 48.0 Å². The second kappa shape index (κ2) is 9.64. The lowest BCUT2D eigenvalue weighted by Gasteiger charge is -2.27. The van der Waals surface area contributed by atoms with E-state index in [1.807, 2.05) is 12.1 Å². The van der Waals surface area contributed by atoms with E-state index in [0.717, 1.165) is 14.3 Å². The standard InChI is InChI=1S/C22H20BrClN2O3S/c1-25(15-17-10-12-19(24)13-11-17)22(27)16-26(20-7-5-6-18(23)14-20)30(28,29)21-8-3-2-4-9-21/h2-14H,15-16H2,1H3. The third-order valence-corrected chi connectivity index (χ3v) is 7.00. The number of carbonyl (C=O) groups excluding carboxylic acids is 1. The molecule has 0 aromatic heterocycles. The summed E-state index contributed by atoms with van der Waals surface area (Å²) in [7, 11) is -2.29. The molecule has 1 amide bonds. The van der Waals surface area contributed by atoms with Gasteiger partial charge in [0.15, 0.2) is 0 Å². The van der Waals surface area contributed by atoms with Gasteiger partial charge in [0.25, 0.3) is 10.0 Å². The molecule has 0 aliphatic heterocycles. The molecular formula is C22H20BrClN2O3S. The number of halogens is 2. The first-order valence-electron chi connectivity index (χ1n) is 9.09. The zero-order chi connectivity index (χ0) is 21.7. The largest absolute Gasteiger partial charge is 0.340 e. The molecular weight excluding hydrogens is 488 g/mol. The Morgan fingerprint density at radius 1 is 0.967 bits per heavy atom. The summed E-state index contributed by atoms with van der Waals surface area (Å²) in [6, 6.07) is 22.1. The lowest BCUT2D eigenvalue weighted by Crippen LogP contribution is -2.41. The monoisotopic (exact) mass is 506 g/mol. The van der Waals surface area contributed by atoms with E-state index in [-0.39, 0.29) is 17.3 Å². The Morgan fingerprint density at radius 3 is 2.27 bits per heavy atom. The summed E-state index contributed by atoms with van der Waals surface area (Å²) < 4.78 is 28.5. The number of sulfonamides is 1. The van der Waals surface area contributed by atoms with Crippen molar-refractivity contribution < 1.29 is 13.2 Å². The average molecular weight is 508 g/mol. The van der Waals surface area contributed by atoms with Crippen LogP contribution in [0.1, 0.15) is 5.56 Å². The highest BCUT2D eigenvalue weighted by Gasteiger charge is 2.28. The van der Waals surface area contributed by atoms with Crippen LogP contribution in [0.2, 0.25) is 5.02 Å². The summed E-state index contributed by atoms with van der Waals surface area (Å²) in [5.74, 6) is -0.329. The van der Waals surface area contributed by atoms with Gasteiger partial charge in [0.2, 0.25) is 5.91 Å². The zero-order valence-electron chi connectivity index (χ0n) is 16.2. The van der Waals surface area contributed by atoms with Crippen molar-refractivity contribution in [3.63, 3.8) is 0 Å². The number of hydrogen-bond acceptors (Lipinski definition) is 3. The predicted molar refractivity (Wildman–Crippen MR) is 123 cm³/mol. The van der Waals surface area contributed by atoms with Gasteiger partial charge in [-0.3, -0.25) is 9.10 Å². The number of carbonyl (C=O) groups is 1. The number of anilines is 1. The van der Waals surface area contributed by atoms with Gasteiger partial charge in [0.1, 0.15) is 6.54 Å². The Labute approximate surface area is 190 Å². The molecule has 8 heteroatoms. The fourth-order valence-corrected chi connectivity index (χ4v) is 4.80. The second-order valence-corrected chi connectivity index (χ2v) is 9.90. The summed E-state index contributed by atoms with van der Waals surface area (Å²) in [5, 5.41) is 0.613. The van der Waals surface area contributed by atoms with Crippen molar-refractivity contribution >= 4 is 49.1 Å². The number of rotatable bonds is 7. The highest BCUT2D eigenvalue weighted by Crippen LogP contribution is 2.26. The Kier molecular flexibility index (Phi) is 7.18. The first kappa shape index (κ1) is 22.3.